The standard InChI is InChI=1S/C9H16Br2O2/c1-6(2)8(9(12)13)4-3-7(11)5-10/h6-8H,3-5H2,1-2H3,(H,12,13). The largest absolute Gasteiger partial charge is 0.481 e. The van der Waals surface area contributed by atoms with E-state index in [4.69, 9.17) is 5.11 Å². The molecule has 0 aliphatic carbocycles. The van der Waals surface area contributed by atoms with E-state index in [1.54, 1.807) is 0 Å². The molecule has 0 radical (unpaired) electrons. The van der Waals surface area contributed by atoms with Crippen LogP contribution in [0.5, 0.6) is 0 Å². The smallest absolute Gasteiger partial charge is 0.306 e. The minimum absolute atomic E-state index is 0.209. The second kappa shape index (κ2) is 6.82. The van der Waals surface area contributed by atoms with Crippen molar-refractivity contribution in [3.05, 3.63) is 0 Å². The van der Waals surface area contributed by atoms with Crippen molar-refractivity contribution < 1.29 is 9.90 Å². The molecule has 78 valence electrons. The number of carboxylic acids is 1. The van der Waals surface area contributed by atoms with Crippen LogP contribution in [0, 0.1) is 11.8 Å². The number of hydrogen-bond acceptors (Lipinski definition) is 1. The van der Waals surface area contributed by atoms with E-state index in [9.17, 15) is 4.79 Å². The quantitative estimate of drug-likeness (QED) is 0.764. The van der Waals surface area contributed by atoms with E-state index in [2.05, 4.69) is 31.9 Å². The van der Waals surface area contributed by atoms with Crippen LogP contribution in [0.1, 0.15) is 26.7 Å². The normalized spacial score (nSPS) is 15.8. The van der Waals surface area contributed by atoms with E-state index in [1.165, 1.54) is 0 Å². The van der Waals surface area contributed by atoms with Crippen molar-refractivity contribution in [1.29, 1.82) is 0 Å². The summed E-state index contributed by atoms with van der Waals surface area (Å²) in [6.45, 7) is 3.91. The van der Waals surface area contributed by atoms with Gasteiger partial charge in [0.25, 0.3) is 0 Å². The van der Waals surface area contributed by atoms with Crippen molar-refractivity contribution in [1.82, 2.24) is 0 Å². The molecule has 0 amide bonds. The van der Waals surface area contributed by atoms with Gasteiger partial charge in [-0.05, 0) is 18.8 Å². The number of carboxylic acid groups (broad SMARTS) is 1. The van der Waals surface area contributed by atoms with Gasteiger partial charge in [0.2, 0.25) is 0 Å². The van der Waals surface area contributed by atoms with Crippen molar-refractivity contribution in [3.63, 3.8) is 0 Å². The molecular weight excluding hydrogens is 300 g/mol. The maximum absolute atomic E-state index is 10.8. The van der Waals surface area contributed by atoms with Crippen molar-refractivity contribution >= 4 is 37.8 Å². The summed E-state index contributed by atoms with van der Waals surface area (Å²) < 4.78 is 0. The van der Waals surface area contributed by atoms with Crippen LogP contribution in [0.4, 0.5) is 0 Å². The Morgan fingerprint density at radius 2 is 1.92 bits per heavy atom. The number of hydrogen-bond donors (Lipinski definition) is 1. The average molecular weight is 316 g/mol. The highest BCUT2D eigenvalue weighted by molar-refractivity contribution is 9.12. The fourth-order valence-corrected chi connectivity index (χ4v) is 1.77. The second-order valence-corrected chi connectivity index (χ2v) is 5.46. The fourth-order valence-electron chi connectivity index (χ4n) is 1.18. The first-order chi connectivity index (χ1) is 5.99. The minimum atomic E-state index is -0.677. The Bertz CT molecular complexity index is 160. The van der Waals surface area contributed by atoms with E-state index in [0.29, 0.717) is 4.83 Å². The van der Waals surface area contributed by atoms with Gasteiger partial charge in [0.15, 0.2) is 0 Å². The Labute approximate surface area is 96.3 Å². The molecule has 0 rings (SSSR count). The Kier molecular flexibility index (Phi) is 7.05. The zero-order valence-corrected chi connectivity index (χ0v) is 11.1. The number of carbonyl (C=O) groups is 1. The van der Waals surface area contributed by atoms with Crippen molar-refractivity contribution in [2.75, 3.05) is 5.33 Å². The van der Waals surface area contributed by atoms with Gasteiger partial charge in [-0.1, -0.05) is 45.7 Å². The molecule has 2 atom stereocenters. The Balaban J connectivity index is 3.90. The van der Waals surface area contributed by atoms with Gasteiger partial charge in [-0.15, -0.1) is 0 Å². The summed E-state index contributed by atoms with van der Waals surface area (Å²) in [5.74, 6) is -0.670. The van der Waals surface area contributed by atoms with Crippen LogP contribution in [0.25, 0.3) is 0 Å². The zero-order valence-electron chi connectivity index (χ0n) is 7.96. The summed E-state index contributed by atoms with van der Waals surface area (Å²) in [6, 6.07) is 0. The highest BCUT2D eigenvalue weighted by Gasteiger charge is 2.21. The highest BCUT2D eigenvalue weighted by atomic mass is 79.9. The third kappa shape index (κ3) is 5.68. The van der Waals surface area contributed by atoms with E-state index >= 15 is 0 Å². The van der Waals surface area contributed by atoms with Gasteiger partial charge in [-0.25, -0.2) is 0 Å². The molecule has 0 heterocycles. The van der Waals surface area contributed by atoms with Gasteiger partial charge in [0.1, 0.15) is 0 Å². The van der Waals surface area contributed by atoms with Gasteiger partial charge < -0.3 is 5.11 Å². The molecule has 0 aliphatic rings. The molecule has 4 heteroatoms. The van der Waals surface area contributed by atoms with Crippen LogP contribution in [-0.2, 0) is 4.79 Å². The lowest BCUT2D eigenvalue weighted by atomic mass is 9.91. The molecule has 0 saturated heterocycles. The molecule has 0 aromatic rings. The maximum Gasteiger partial charge on any atom is 0.306 e. The monoisotopic (exact) mass is 314 g/mol. The first-order valence-corrected chi connectivity index (χ1v) is 6.45. The summed E-state index contributed by atoms with van der Waals surface area (Å²) >= 11 is 6.81. The fraction of sp³-hybridized carbons (Fsp3) is 0.889. The SMILES string of the molecule is CC(C)C(CCC(Br)CBr)C(=O)O. The third-order valence-corrected chi connectivity index (χ3v) is 4.51. The molecule has 2 nitrogen and oxygen atoms in total. The molecule has 13 heavy (non-hydrogen) atoms. The third-order valence-electron chi connectivity index (χ3n) is 2.08. The molecule has 0 aromatic heterocycles. The number of alkyl halides is 2. The topological polar surface area (TPSA) is 37.3 Å². The van der Waals surface area contributed by atoms with Crippen LogP contribution in [0.15, 0.2) is 0 Å². The van der Waals surface area contributed by atoms with Crippen molar-refractivity contribution in [3.8, 4) is 0 Å². The van der Waals surface area contributed by atoms with E-state index in [1.807, 2.05) is 13.8 Å². The Morgan fingerprint density at radius 3 is 2.23 bits per heavy atom. The molecule has 0 aromatic carbocycles. The van der Waals surface area contributed by atoms with Gasteiger partial charge in [-0.2, -0.15) is 0 Å². The molecule has 0 saturated carbocycles. The molecule has 0 spiro atoms. The minimum Gasteiger partial charge on any atom is -0.481 e. The summed E-state index contributed by atoms with van der Waals surface area (Å²) in [4.78, 5) is 11.2. The first-order valence-electron chi connectivity index (χ1n) is 4.41. The molecular formula is C9H16Br2O2. The number of rotatable bonds is 6. The van der Waals surface area contributed by atoms with Crippen LogP contribution in [0.2, 0.25) is 0 Å². The Hall–Kier alpha value is 0.430. The van der Waals surface area contributed by atoms with E-state index < -0.39 is 5.97 Å². The molecule has 0 bridgehead atoms. The van der Waals surface area contributed by atoms with Crippen molar-refractivity contribution in [2.24, 2.45) is 11.8 Å². The lowest BCUT2D eigenvalue weighted by Gasteiger charge is -2.16. The van der Waals surface area contributed by atoms with Gasteiger partial charge >= 0.3 is 5.97 Å². The molecule has 0 fully saturated rings. The van der Waals surface area contributed by atoms with Gasteiger partial charge in [0, 0.05) is 10.2 Å². The first kappa shape index (κ1) is 13.4. The van der Waals surface area contributed by atoms with Gasteiger partial charge in [0.05, 0.1) is 5.92 Å². The molecule has 0 aliphatic heterocycles. The summed E-state index contributed by atoms with van der Waals surface area (Å²) in [5.41, 5.74) is 0. The Morgan fingerprint density at radius 1 is 1.38 bits per heavy atom. The predicted octanol–water partition coefficient (Wildman–Crippen LogP) is 3.28. The second-order valence-electron chi connectivity index (χ2n) is 3.52. The number of aliphatic carboxylic acids is 1. The predicted molar refractivity (Wildman–Crippen MR) is 61.7 cm³/mol. The zero-order chi connectivity index (χ0) is 10.4. The van der Waals surface area contributed by atoms with E-state index in [0.717, 1.165) is 18.2 Å². The van der Waals surface area contributed by atoms with Crippen LogP contribution in [-0.4, -0.2) is 21.2 Å². The summed E-state index contributed by atoms with van der Waals surface area (Å²) in [7, 11) is 0. The summed E-state index contributed by atoms with van der Waals surface area (Å²) in [5, 5.41) is 9.77. The molecule has 2 unspecified atom stereocenters. The van der Waals surface area contributed by atoms with Crippen LogP contribution < -0.4 is 0 Å². The maximum atomic E-state index is 10.8. The summed E-state index contributed by atoms with van der Waals surface area (Å²) in [6.07, 6.45) is 1.65. The van der Waals surface area contributed by atoms with Gasteiger partial charge in [-0.3, -0.25) is 4.79 Å². The van der Waals surface area contributed by atoms with Crippen LogP contribution >= 0.6 is 31.9 Å². The van der Waals surface area contributed by atoms with E-state index in [-0.39, 0.29) is 11.8 Å². The lowest BCUT2D eigenvalue weighted by molar-refractivity contribution is -0.143. The van der Waals surface area contributed by atoms with Crippen molar-refractivity contribution in [2.45, 2.75) is 31.5 Å². The average Bonchev–Trinajstić information content (AvgIpc) is 2.03. The van der Waals surface area contributed by atoms with Crippen LogP contribution in [0.3, 0.4) is 0 Å². The molecule has 1 N–H and O–H groups in total. The highest BCUT2D eigenvalue weighted by Crippen LogP contribution is 2.21. The lowest BCUT2D eigenvalue weighted by Crippen LogP contribution is -2.20. The number of halogens is 2.